The molecule has 0 spiro atoms. The van der Waals surface area contributed by atoms with Crippen LogP contribution in [0.3, 0.4) is 0 Å². The molecule has 0 fully saturated rings. The highest BCUT2D eigenvalue weighted by atomic mass is 19.2. The van der Waals surface area contributed by atoms with Gasteiger partial charge in [0.15, 0.2) is 23.3 Å². The van der Waals surface area contributed by atoms with Crippen LogP contribution in [0.25, 0.3) is 0 Å². The molecule has 0 saturated carbocycles. The smallest absolute Gasteiger partial charge is 0.200 e. The molecule has 3 nitrogen and oxygen atoms in total. The summed E-state index contributed by atoms with van der Waals surface area (Å²) in [7, 11) is 1.47. The van der Waals surface area contributed by atoms with Crippen molar-refractivity contribution >= 4 is 0 Å². The highest BCUT2D eigenvalue weighted by Crippen LogP contribution is 2.30. The fourth-order valence-corrected chi connectivity index (χ4v) is 1.59. The standard InChI is InChI=1S/C11H7F5N2O/c1-18-3-2-4(17-18)11(19)5-6(12)8(14)10(16)9(15)7(5)13/h2-3,11,19H,1H3. The second-order valence-corrected chi connectivity index (χ2v) is 3.80. The van der Waals surface area contributed by atoms with Crippen molar-refractivity contribution in [2.24, 2.45) is 7.05 Å². The molecule has 0 aliphatic carbocycles. The molecule has 1 unspecified atom stereocenters. The Balaban J connectivity index is 2.63. The molecule has 0 radical (unpaired) electrons. The van der Waals surface area contributed by atoms with E-state index < -0.39 is 40.8 Å². The van der Waals surface area contributed by atoms with Crippen molar-refractivity contribution < 1.29 is 27.1 Å². The van der Waals surface area contributed by atoms with Gasteiger partial charge in [0.1, 0.15) is 6.10 Å². The summed E-state index contributed by atoms with van der Waals surface area (Å²) < 4.78 is 66.9. The average Bonchev–Trinajstić information content (AvgIpc) is 2.81. The van der Waals surface area contributed by atoms with Crippen molar-refractivity contribution in [1.82, 2.24) is 9.78 Å². The number of aryl methyl sites for hydroxylation is 1. The van der Waals surface area contributed by atoms with Crippen LogP contribution in [0.15, 0.2) is 12.3 Å². The van der Waals surface area contributed by atoms with Gasteiger partial charge in [-0.15, -0.1) is 0 Å². The van der Waals surface area contributed by atoms with Gasteiger partial charge in [-0.05, 0) is 6.07 Å². The third kappa shape index (κ3) is 2.07. The van der Waals surface area contributed by atoms with Crippen molar-refractivity contribution in [3.05, 3.63) is 52.6 Å². The van der Waals surface area contributed by atoms with Crippen molar-refractivity contribution in [1.29, 1.82) is 0 Å². The van der Waals surface area contributed by atoms with Crippen LogP contribution in [-0.2, 0) is 7.05 Å². The fraction of sp³-hybridized carbons (Fsp3) is 0.182. The minimum absolute atomic E-state index is 0.231. The summed E-state index contributed by atoms with van der Waals surface area (Å²) in [5, 5.41) is 13.3. The van der Waals surface area contributed by atoms with Crippen LogP contribution < -0.4 is 0 Å². The van der Waals surface area contributed by atoms with Gasteiger partial charge in [0.25, 0.3) is 0 Å². The highest BCUT2D eigenvalue weighted by molar-refractivity contribution is 5.30. The zero-order valence-corrected chi connectivity index (χ0v) is 9.46. The molecule has 8 heteroatoms. The largest absolute Gasteiger partial charge is 0.382 e. The summed E-state index contributed by atoms with van der Waals surface area (Å²) in [6.45, 7) is 0. The predicted octanol–water partition coefficient (Wildman–Crippen LogP) is 2.20. The molecule has 0 bridgehead atoms. The van der Waals surface area contributed by atoms with E-state index in [2.05, 4.69) is 5.10 Å². The third-order valence-electron chi connectivity index (χ3n) is 2.53. The van der Waals surface area contributed by atoms with E-state index in [9.17, 15) is 27.1 Å². The highest BCUT2D eigenvalue weighted by Gasteiger charge is 2.31. The first-order valence-corrected chi connectivity index (χ1v) is 5.03. The van der Waals surface area contributed by atoms with Gasteiger partial charge in [-0.2, -0.15) is 5.10 Å². The second-order valence-electron chi connectivity index (χ2n) is 3.80. The van der Waals surface area contributed by atoms with E-state index in [0.29, 0.717) is 0 Å². The van der Waals surface area contributed by atoms with Crippen LogP contribution in [0.2, 0.25) is 0 Å². The predicted molar refractivity (Wildman–Crippen MR) is 53.5 cm³/mol. The van der Waals surface area contributed by atoms with E-state index in [1.54, 1.807) is 0 Å². The monoisotopic (exact) mass is 278 g/mol. The Morgan fingerprint density at radius 2 is 1.47 bits per heavy atom. The van der Waals surface area contributed by atoms with E-state index in [0.717, 1.165) is 0 Å². The molecular weight excluding hydrogens is 271 g/mol. The number of benzene rings is 1. The van der Waals surface area contributed by atoms with Crippen molar-refractivity contribution in [2.75, 3.05) is 0 Å². The van der Waals surface area contributed by atoms with E-state index >= 15 is 0 Å². The molecule has 102 valence electrons. The fourth-order valence-electron chi connectivity index (χ4n) is 1.59. The van der Waals surface area contributed by atoms with E-state index in [4.69, 9.17) is 0 Å². The molecule has 1 atom stereocenters. The summed E-state index contributed by atoms with van der Waals surface area (Å²) in [4.78, 5) is 0. The number of aliphatic hydroxyl groups is 1. The van der Waals surface area contributed by atoms with Crippen molar-refractivity contribution in [3.63, 3.8) is 0 Å². The van der Waals surface area contributed by atoms with Crippen LogP contribution >= 0.6 is 0 Å². The van der Waals surface area contributed by atoms with Gasteiger partial charge in [0.2, 0.25) is 5.82 Å². The number of aromatic nitrogens is 2. The van der Waals surface area contributed by atoms with Crippen LogP contribution in [0.1, 0.15) is 17.4 Å². The molecular formula is C11H7F5N2O. The number of aliphatic hydroxyl groups excluding tert-OH is 1. The first-order chi connectivity index (χ1) is 8.84. The maximum Gasteiger partial charge on any atom is 0.200 e. The zero-order chi connectivity index (χ0) is 14.3. The second kappa shape index (κ2) is 4.61. The van der Waals surface area contributed by atoms with Crippen LogP contribution in [0.4, 0.5) is 22.0 Å². The van der Waals surface area contributed by atoms with Gasteiger partial charge >= 0.3 is 0 Å². The molecule has 19 heavy (non-hydrogen) atoms. The third-order valence-corrected chi connectivity index (χ3v) is 2.53. The molecule has 0 aliphatic heterocycles. The summed E-state index contributed by atoms with van der Waals surface area (Å²) in [5.41, 5.74) is -1.55. The van der Waals surface area contributed by atoms with Gasteiger partial charge in [-0.1, -0.05) is 0 Å². The normalized spacial score (nSPS) is 12.8. The lowest BCUT2D eigenvalue weighted by atomic mass is 10.0. The van der Waals surface area contributed by atoms with Gasteiger partial charge in [0, 0.05) is 13.2 Å². The maximum absolute atomic E-state index is 13.4. The number of hydrogen-bond donors (Lipinski definition) is 1. The zero-order valence-electron chi connectivity index (χ0n) is 9.46. The van der Waals surface area contributed by atoms with Crippen LogP contribution in [0.5, 0.6) is 0 Å². The Kier molecular flexibility index (Phi) is 3.27. The molecule has 0 saturated heterocycles. The van der Waals surface area contributed by atoms with Crippen molar-refractivity contribution in [3.8, 4) is 0 Å². The van der Waals surface area contributed by atoms with Gasteiger partial charge < -0.3 is 5.11 Å². The SMILES string of the molecule is Cn1ccc(C(O)c2c(F)c(F)c(F)c(F)c2F)n1. The maximum atomic E-state index is 13.4. The lowest BCUT2D eigenvalue weighted by Crippen LogP contribution is -2.13. The minimum atomic E-state index is -2.27. The Morgan fingerprint density at radius 3 is 1.89 bits per heavy atom. The van der Waals surface area contributed by atoms with Crippen LogP contribution in [-0.4, -0.2) is 14.9 Å². The van der Waals surface area contributed by atoms with E-state index in [-0.39, 0.29) is 5.69 Å². The topological polar surface area (TPSA) is 38.0 Å². The minimum Gasteiger partial charge on any atom is -0.382 e. The lowest BCUT2D eigenvalue weighted by Gasteiger charge is -2.12. The quantitative estimate of drug-likeness (QED) is 0.519. The molecule has 0 amide bonds. The van der Waals surface area contributed by atoms with Gasteiger partial charge in [0.05, 0.1) is 11.3 Å². The molecule has 1 heterocycles. The van der Waals surface area contributed by atoms with Crippen molar-refractivity contribution in [2.45, 2.75) is 6.10 Å². The molecule has 2 rings (SSSR count). The average molecular weight is 278 g/mol. The number of halogens is 5. The Bertz CT molecular complexity index is 611. The van der Waals surface area contributed by atoms with E-state index in [1.165, 1.54) is 24.0 Å². The van der Waals surface area contributed by atoms with E-state index in [1.807, 2.05) is 0 Å². The summed E-state index contributed by atoms with van der Waals surface area (Å²) in [6, 6.07) is 1.20. The molecule has 1 aromatic carbocycles. The summed E-state index contributed by atoms with van der Waals surface area (Å²) in [5.74, 6) is -10.6. The first kappa shape index (κ1) is 13.5. The summed E-state index contributed by atoms with van der Waals surface area (Å²) in [6.07, 6.45) is -0.698. The first-order valence-electron chi connectivity index (χ1n) is 5.03. The molecule has 1 N–H and O–H groups in total. The number of hydrogen-bond acceptors (Lipinski definition) is 2. The number of nitrogens with zero attached hydrogens (tertiary/aromatic N) is 2. The lowest BCUT2D eigenvalue weighted by molar-refractivity contribution is 0.197. The Morgan fingerprint density at radius 1 is 1.00 bits per heavy atom. The summed E-state index contributed by atoms with van der Waals surface area (Å²) >= 11 is 0. The Hall–Kier alpha value is -1.96. The Labute approximate surface area is 103 Å². The van der Waals surface area contributed by atoms with Crippen LogP contribution in [0, 0.1) is 29.1 Å². The molecule has 0 aliphatic rings. The molecule has 2 aromatic rings. The molecule has 1 aromatic heterocycles. The number of rotatable bonds is 2. The van der Waals surface area contributed by atoms with Gasteiger partial charge in [-0.3, -0.25) is 4.68 Å². The van der Waals surface area contributed by atoms with Gasteiger partial charge in [-0.25, -0.2) is 22.0 Å².